The van der Waals surface area contributed by atoms with Gasteiger partial charge in [-0.3, -0.25) is 0 Å². The zero-order valence-electron chi connectivity index (χ0n) is 8.34. The lowest BCUT2D eigenvalue weighted by Crippen LogP contribution is -2.37. The Morgan fingerprint density at radius 2 is 1.81 bits per heavy atom. The molecule has 1 saturated heterocycles. The van der Waals surface area contributed by atoms with Crippen molar-refractivity contribution in [3.63, 3.8) is 0 Å². The molecule has 1 aliphatic heterocycles. The lowest BCUT2D eigenvalue weighted by molar-refractivity contribution is -0.123. The third-order valence-electron chi connectivity index (χ3n) is 2.41. The normalized spacial score (nSPS) is 22.0. The third-order valence-corrected chi connectivity index (χ3v) is 5.97. The van der Waals surface area contributed by atoms with Gasteiger partial charge in [-0.1, -0.05) is 15.9 Å². The monoisotopic (exact) mass is 324 g/mol. The smallest absolute Gasteiger partial charge is 0.381 e. The topological polar surface area (TPSA) is 43.4 Å². The Kier molecular flexibility index (Phi) is 4.65. The van der Waals surface area contributed by atoms with Gasteiger partial charge in [0.05, 0.1) is 11.0 Å². The van der Waals surface area contributed by atoms with Crippen molar-refractivity contribution < 1.29 is 26.3 Å². The zero-order valence-corrected chi connectivity index (χ0v) is 10.7. The fourth-order valence-corrected chi connectivity index (χ4v) is 4.35. The maximum atomic E-state index is 12.2. The number of alkyl halides is 4. The van der Waals surface area contributed by atoms with Gasteiger partial charge < -0.3 is 4.74 Å². The number of hydrogen-bond donors (Lipinski definition) is 0. The highest BCUT2D eigenvalue weighted by Gasteiger charge is 2.42. The van der Waals surface area contributed by atoms with E-state index in [1.807, 2.05) is 0 Å². The van der Waals surface area contributed by atoms with E-state index >= 15 is 0 Å². The van der Waals surface area contributed by atoms with Crippen LogP contribution in [0.25, 0.3) is 0 Å². The standard InChI is InChI=1S/C8H12BrF3O3S/c9-7(8(10,11)12)5-16(13,14)6-1-3-15-4-2-6/h6-7H,1-5H2. The van der Waals surface area contributed by atoms with Gasteiger partial charge in [0.15, 0.2) is 9.84 Å². The Labute approximate surface area is 100 Å². The molecule has 1 aliphatic rings. The van der Waals surface area contributed by atoms with Gasteiger partial charge in [0.2, 0.25) is 0 Å². The van der Waals surface area contributed by atoms with Crippen molar-refractivity contribution in [3.05, 3.63) is 0 Å². The molecule has 96 valence electrons. The molecule has 1 unspecified atom stereocenters. The number of sulfone groups is 1. The third kappa shape index (κ3) is 3.89. The Morgan fingerprint density at radius 3 is 2.25 bits per heavy atom. The lowest BCUT2D eigenvalue weighted by Gasteiger charge is -2.23. The minimum Gasteiger partial charge on any atom is -0.381 e. The van der Waals surface area contributed by atoms with Crippen LogP contribution in [0.4, 0.5) is 13.2 Å². The second-order valence-corrected chi connectivity index (χ2v) is 7.08. The highest BCUT2D eigenvalue weighted by atomic mass is 79.9. The molecule has 0 aromatic rings. The summed E-state index contributed by atoms with van der Waals surface area (Å²) in [5.74, 6) is -0.902. The van der Waals surface area contributed by atoms with Gasteiger partial charge in [-0.2, -0.15) is 13.2 Å². The van der Waals surface area contributed by atoms with Crippen LogP contribution in [-0.2, 0) is 14.6 Å². The minimum absolute atomic E-state index is 0.278. The van der Waals surface area contributed by atoms with Crippen molar-refractivity contribution in [2.24, 2.45) is 0 Å². The van der Waals surface area contributed by atoms with Gasteiger partial charge in [-0.15, -0.1) is 0 Å². The van der Waals surface area contributed by atoms with Gasteiger partial charge in [0.1, 0.15) is 4.83 Å². The minimum atomic E-state index is -4.53. The van der Waals surface area contributed by atoms with Crippen molar-refractivity contribution in [1.82, 2.24) is 0 Å². The highest BCUT2D eigenvalue weighted by molar-refractivity contribution is 9.09. The Bertz CT molecular complexity index is 322. The summed E-state index contributed by atoms with van der Waals surface area (Å²) in [6.45, 7) is 0.589. The largest absolute Gasteiger partial charge is 0.402 e. The van der Waals surface area contributed by atoms with Gasteiger partial charge in [0.25, 0.3) is 0 Å². The van der Waals surface area contributed by atoms with Crippen LogP contribution >= 0.6 is 15.9 Å². The first-order chi connectivity index (χ1) is 7.23. The van der Waals surface area contributed by atoms with Crippen molar-refractivity contribution >= 4 is 25.8 Å². The molecule has 0 radical (unpaired) electrons. The van der Waals surface area contributed by atoms with Crippen molar-refractivity contribution in [2.75, 3.05) is 19.0 Å². The van der Waals surface area contributed by atoms with Crippen molar-refractivity contribution in [3.8, 4) is 0 Å². The molecule has 0 N–H and O–H groups in total. The molecule has 1 heterocycles. The van der Waals surface area contributed by atoms with Crippen molar-refractivity contribution in [1.29, 1.82) is 0 Å². The van der Waals surface area contributed by atoms with E-state index in [-0.39, 0.29) is 12.8 Å². The van der Waals surface area contributed by atoms with Crippen LogP contribution in [0.1, 0.15) is 12.8 Å². The van der Waals surface area contributed by atoms with E-state index in [0.717, 1.165) is 0 Å². The Morgan fingerprint density at radius 1 is 1.31 bits per heavy atom. The second-order valence-electron chi connectivity index (χ2n) is 3.65. The molecule has 0 spiro atoms. The van der Waals surface area contributed by atoms with Gasteiger partial charge in [-0.05, 0) is 12.8 Å². The summed E-state index contributed by atoms with van der Waals surface area (Å²) in [6.07, 6.45) is -3.97. The lowest BCUT2D eigenvalue weighted by atomic mass is 10.2. The van der Waals surface area contributed by atoms with Crippen molar-refractivity contribution in [2.45, 2.75) is 29.1 Å². The maximum Gasteiger partial charge on any atom is 0.402 e. The van der Waals surface area contributed by atoms with Gasteiger partial charge >= 0.3 is 6.18 Å². The van der Waals surface area contributed by atoms with Gasteiger partial charge in [-0.25, -0.2) is 8.42 Å². The predicted molar refractivity (Wildman–Crippen MR) is 56.4 cm³/mol. The number of halogens is 4. The van der Waals surface area contributed by atoms with E-state index < -0.39 is 31.8 Å². The van der Waals surface area contributed by atoms with Crippen LogP contribution in [0.2, 0.25) is 0 Å². The molecule has 1 fully saturated rings. The number of hydrogen-bond acceptors (Lipinski definition) is 3. The molecule has 1 rings (SSSR count). The predicted octanol–water partition coefficient (Wildman–Crippen LogP) is 1.91. The average Bonchev–Trinajstić information content (AvgIpc) is 2.17. The van der Waals surface area contributed by atoms with E-state index in [2.05, 4.69) is 15.9 Å². The first kappa shape index (κ1) is 14.2. The molecule has 0 amide bonds. The van der Waals surface area contributed by atoms with Crippen LogP contribution in [0, 0.1) is 0 Å². The quantitative estimate of drug-likeness (QED) is 0.745. The molecule has 0 aromatic heterocycles. The molecule has 8 heteroatoms. The van der Waals surface area contributed by atoms with E-state index in [1.54, 1.807) is 0 Å². The molecule has 0 aromatic carbocycles. The first-order valence-electron chi connectivity index (χ1n) is 4.73. The van der Waals surface area contributed by atoms with Crippen LogP contribution in [0.15, 0.2) is 0 Å². The summed E-state index contributed by atoms with van der Waals surface area (Å²) in [4.78, 5) is -1.99. The van der Waals surface area contributed by atoms with Crippen LogP contribution < -0.4 is 0 Å². The summed E-state index contributed by atoms with van der Waals surface area (Å²) in [5, 5.41) is -0.705. The average molecular weight is 325 g/mol. The molecule has 0 saturated carbocycles. The van der Waals surface area contributed by atoms with Crippen LogP contribution in [0.3, 0.4) is 0 Å². The molecule has 0 aliphatic carbocycles. The molecule has 16 heavy (non-hydrogen) atoms. The van der Waals surface area contributed by atoms with Gasteiger partial charge in [0, 0.05) is 13.2 Å². The molecular weight excluding hydrogens is 313 g/mol. The first-order valence-corrected chi connectivity index (χ1v) is 7.36. The number of rotatable bonds is 3. The Balaban J connectivity index is 2.64. The summed E-state index contributed by atoms with van der Waals surface area (Å²) >= 11 is 2.37. The number of ether oxygens (including phenoxy) is 1. The summed E-state index contributed by atoms with van der Waals surface area (Å²) < 4.78 is 64.9. The SMILES string of the molecule is O=S(=O)(CC(Br)C(F)(F)F)C1CCOCC1. The van der Waals surface area contributed by atoms with Crippen LogP contribution in [0.5, 0.6) is 0 Å². The fraction of sp³-hybridized carbons (Fsp3) is 1.00. The Hall–Kier alpha value is 0.180. The van der Waals surface area contributed by atoms with E-state index in [4.69, 9.17) is 4.74 Å². The van der Waals surface area contributed by atoms with E-state index in [9.17, 15) is 21.6 Å². The fourth-order valence-electron chi connectivity index (χ4n) is 1.47. The molecule has 0 bridgehead atoms. The molecule has 1 atom stereocenters. The zero-order chi connectivity index (χ0) is 12.4. The summed E-state index contributed by atoms with van der Waals surface area (Å²) in [7, 11) is -3.71. The highest BCUT2D eigenvalue weighted by Crippen LogP contribution is 2.29. The summed E-state index contributed by atoms with van der Waals surface area (Å²) in [5.41, 5.74) is 0. The second kappa shape index (κ2) is 5.22. The van der Waals surface area contributed by atoms with E-state index in [0.29, 0.717) is 13.2 Å². The molecular formula is C8H12BrF3O3S. The molecule has 3 nitrogen and oxygen atoms in total. The maximum absolute atomic E-state index is 12.2. The van der Waals surface area contributed by atoms with E-state index in [1.165, 1.54) is 0 Å². The summed E-state index contributed by atoms with van der Waals surface area (Å²) in [6, 6.07) is 0. The van der Waals surface area contributed by atoms with Crippen LogP contribution in [-0.4, -0.2) is 43.6 Å².